The molecule has 7 heteroatoms. The Hall–Kier alpha value is -3.48. The second kappa shape index (κ2) is 7.82. The number of aryl methyl sites for hydroxylation is 1. The molecule has 0 spiro atoms. The minimum atomic E-state index is -0.458. The zero-order valence-corrected chi connectivity index (χ0v) is 14.9. The van der Waals surface area contributed by atoms with Crippen molar-refractivity contribution in [3.8, 4) is 17.1 Å². The number of methoxy groups -OCH3 is 1. The summed E-state index contributed by atoms with van der Waals surface area (Å²) in [5, 5.41) is 2.58. The minimum Gasteiger partial charge on any atom is -0.497 e. The topological polar surface area (TPSA) is 73.2 Å². The predicted molar refractivity (Wildman–Crippen MR) is 100 cm³/mol. The van der Waals surface area contributed by atoms with Crippen LogP contribution in [-0.4, -0.2) is 22.6 Å². The van der Waals surface area contributed by atoms with Gasteiger partial charge in [0.25, 0.3) is 5.56 Å². The van der Waals surface area contributed by atoms with E-state index >= 15 is 0 Å². The molecule has 0 saturated carbocycles. The number of benzene rings is 2. The van der Waals surface area contributed by atoms with Gasteiger partial charge in [0, 0.05) is 23.0 Å². The molecule has 0 atom stereocenters. The average molecular weight is 367 g/mol. The molecule has 0 aliphatic heterocycles. The number of carbonyl (C=O) groups is 1. The van der Waals surface area contributed by atoms with E-state index in [2.05, 4.69) is 10.3 Å². The second-order valence-electron chi connectivity index (χ2n) is 5.93. The first-order chi connectivity index (χ1) is 13.0. The smallest absolute Gasteiger partial charge is 0.254 e. The summed E-state index contributed by atoms with van der Waals surface area (Å²) in [6, 6.07) is 14.0. The van der Waals surface area contributed by atoms with Crippen molar-refractivity contribution in [2.24, 2.45) is 0 Å². The van der Waals surface area contributed by atoms with Gasteiger partial charge in [-0.05, 0) is 49.4 Å². The maximum Gasteiger partial charge on any atom is 0.254 e. The number of anilines is 1. The van der Waals surface area contributed by atoms with Crippen molar-refractivity contribution in [2.75, 3.05) is 12.4 Å². The number of carbonyl (C=O) groups excluding carboxylic acids is 1. The summed E-state index contributed by atoms with van der Waals surface area (Å²) < 4.78 is 19.7. The fourth-order valence-electron chi connectivity index (χ4n) is 2.64. The summed E-state index contributed by atoms with van der Waals surface area (Å²) in [5.74, 6) is 0.130. The third-order valence-electron chi connectivity index (χ3n) is 3.89. The van der Waals surface area contributed by atoms with Crippen LogP contribution in [0, 0.1) is 12.7 Å². The van der Waals surface area contributed by atoms with E-state index in [9.17, 15) is 14.0 Å². The number of amides is 1. The van der Waals surface area contributed by atoms with E-state index in [1.165, 1.54) is 28.8 Å². The largest absolute Gasteiger partial charge is 0.497 e. The Morgan fingerprint density at radius 2 is 1.93 bits per heavy atom. The molecular formula is C20H18FN3O3. The standard InChI is InChI=1S/C20H18FN3O3/c1-13-10-19(26)24(12-18(25)23-16-5-3-4-15(21)11-16)20(22-13)14-6-8-17(27-2)9-7-14/h3-11H,12H2,1-2H3,(H,23,25). The van der Waals surface area contributed by atoms with Crippen LogP contribution in [-0.2, 0) is 11.3 Å². The second-order valence-corrected chi connectivity index (χ2v) is 5.93. The van der Waals surface area contributed by atoms with Crippen LogP contribution in [0.1, 0.15) is 5.69 Å². The van der Waals surface area contributed by atoms with Gasteiger partial charge in [0.15, 0.2) is 0 Å². The molecule has 0 aliphatic carbocycles. The summed E-state index contributed by atoms with van der Waals surface area (Å²) >= 11 is 0. The number of hydrogen-bond acceptors (Lipinski definition) is 4. The molecule has 0 unspecified atom stereocenters. The van der Waals surface area contributed by atoms with Crippen molar-refractivity contribution in [1.82, 2.24) is 9.55 Å². The van der Waals surface area contributed by atoms with Gasteiger partial charge in [0.1, 0.15) is 23.9 Å². The van der Waals surface area contributed by atoms with Crippen LogP contribution in [0.15, 0.2) is 59.4 Å². The molecule has 3 rings (SSSR count). The number of rotatable bonds is 5. The third kappa shape index (κ3) is 4.38. The van der Waals surface area contributed by atoms with Crippen molar-refractivity contribution in [3.05, 3.63) is 76.5 Å². The number of hydrogen-bond donors (Lipinski definition) is 1. The lowest BCUT2D eigenvalue weighted by Gasteiger charge is -2.13. The van der Waals surface area contributed by atoms with Gasteiger partial charge in [0.2, 0.25) is 5.91 Å². The van der Waals surface area contributed by atoms with Gasteiger partial charge in [-0.2, -0.15) is 0 Å². The molecule has 0 saturated heterocycles. The van der Waals surface area contributed by atoms with Crippen molar-refractivity contribution in [3.63, 3.8) is 0 Å². The van der Waals surface area contributed by atoms with Gasteiger partial charge in [-0.25, -0.2) is 9.37 Å². The summed E-state index contributed by atoms with van der Waals surface area (Å²) in [4.78, 5) is 29.2. The van der Waals surface area contributed by atoms with Crippen LogP contribution >= 0.6 is 0 Å². The van der Waals surface area contributed by atoms with Crippen LogP contribution in [0.5, 0.6) is 5.75 Å². The van der Waals surface area contributed by atoms with Crippen molar-refractivity contribution >= 4 is 11.6 Å². The highest BCUT2D eigenvalue weighted by molar-refractivity contribution is 5.90. The van der Waals surface area contributed by atoms with E-state index < -0.39 is 11.7 Å². The van der Waals surface area contributed by atoms with Crippen LogP contribution in [0.4, 0.5) is 10.1 Å². The van der Waals surface area contributed by atoms with Gasteiger partial charge in [-0.15, -0.1) is 0 Å². The zero-order valence-electron chi connectivity index (χ0n) is 14.9. The molecule has 138 valence electrons. The minimum absolute atomic E-state index is 0.246. The number of ether oxygens (including phenoxy) is 1. The molecule has 0 aliphatic rings. The quantitative estimate of drug-likeness (QED) is 0.752. The van der Waals surface area contributed by atoms with Gasteiger partial charge in [-0.3, -0.25) is 14.2 Å². The van der Waals surface area contributed by atoms with E-state index in [0.717, 1.165) is 0 Å². The SMILES string of the molecule is COc1ccc(-c2nc(C)cc(=O)n2CC(=O)Nc2cccc(F)c2)cc1. The molecule has 3 aromatic rings. The molecule has 1 amide bonds. The fourth-order valence-corrected chi connectivity index (χ4v) is 2.64. The maximum atomic E-state index is 13.3. The highest BCUT2D eigenvalue weighted by Crippen LogP contribution is 2.20. The molecule has 0 radical (unpaired) electrons. The van der Waals surface area contributed by atoms with E-state index in [-0.39, 0.29) is 12.1 Å². The van der Waals surface area contributed by atoms with Gasteiger partial charge in [0.05, 0.1) is 7.11 Å². The Labute approximate surface area is 155 Å². The lowest BCUT2D eigenvalue weighted by molar-refractivity contribution is -0.116. The molecule has 27 heavy (non-hydrogen) atoms. The fraction of sp³-hybridized carbons (Fsp3) is 0.150. The van der Waals surface area contributed by atoms with Crippen LogP contribution in [0.2, 0.25) is 0 Å². The Morgan fingerprint density at radius 1 is 1.19 bits per heavy atom. The predicted octanol–water partition coefficient (Wildman–Crippen LogP) is 3.01. The van der Waals surface area contributed by atoms with Crippen LogP contribution < -0.4 is 15.6 Å². The Kier molecular flexibility index (Phi) is 5.30. The lowest BCUT2D eigenvalue weighted by Crippen LogP contribution is -2.29. The highest BCUT2D eigenvalue weighted by Gasteiger charge is 2.13. The summed E-state index contributed by atoms with van der Waals surface area (Å²) in [5.41, 5.74) is 1.20. The molecule has 1 aromatic heterocycles. The van der Waals surface area contributed by atoms with Gasteiger partial charge < -0.3 is 10.1 Å². The highest BCUT2D eigenvalue weighted by atomic mass is 19.1. The van der Waals surface area contributed by atoms with Crippen molar-refractivity contribution < 1.29 is 13.9 Å². The zero-order chi connectivity index (χ0) is 19.4. The molecule has 0 fully saturated rings. The number of nitrogens with zero attached hydrogens (tertiary/aromatic N) is 2. The van der Waals surface area contributed by atoms with Crippen molar-refractivity contribution in [1.29, 1.82) is 0 Å². The average Bonchev–Trinajstić information content (AvgIpc) is 2.64. The monoisotopic (exact) mass is 367 g/mol. The molecular weight excluding hydrogens is 349 g/mol. The molecule has 2 aromatic carbocycles. The number of aromatic nitrogens is 2. The van der Waals surface area contributed by atoms with Crippen molar-refractivity contribution in [2.45, 2.75) is 13.5 Å². The maximum absolute atomic E-state index is 13.3. The first-order valence-corrected chi connectivity index (χ1v) is 8.24. The van der Waals surface area contributed by atoms with Crippen LogP contribution in [0.25, 0.3) is 11.4 Å². The van der Waals surface area contributed by atoms with Gasteiger partial charge >= 0.3 is 0 Å². The summed E-state index contributed by atoms with van der Waals surface area (Å²) in [6.45, 7) is 1.47. The normalized spacial score (nSPS) is 10.5. The Morgan fingerprint density at radius 3 is 2.59 bits per heavy atom. The first kappa shape index (κ1) is 18.3. The summed E-state index contributed by atoms with van der Waals surface area (Å²) in [7, 11) is 1.56. The molecule has 1 heterocycles. The Balaban J connectivity index is 1.92. The molecule has 0 bridgehead atoms. The molecule has 1 N–H and O–H groups in total. The summed E-state index contributed by atoms with van der Waals surface area (Å²) in [6.07, 6.45) is 0. The number of halogens is 1. The molecule has 6 nitrogen and oxygen atoms in total. The third-order valence-corrected chi connectivity index (χ3v) is 3.89. The Bertz CT molecular complexity index is 1030. The van der Waals surface area contributed by atoms with E-state index in [1.807, 2.05) is 0 Å². The first-order valence-electron chi connectivity index (χ1n) is 8.24. The van der Waals surface area contributed by atoms with E-state index in [0.29, 0.717) is 28.5 Å². The van der Waals surface area contributed by atoms with Gasteiger partial charge in [-0.1, -0.05) is 6.07 Å². The number of nitrogens with one attached hydrogen (secondary N) is 1. The van der Waals surface area contributed by atoms with Crippen LogP contribution in [0.3, 0.4) is 0 Å². The van der Waals surface area contributed by atoms with E-state index in [4.69, 9.17) is 4.74 Å². The van der Waals surface area contributed by atoms with E-state index in [1.54, 1.807) is 44.4 Å². The lowest BCUT2D eigenvalue weighted by atomic mass is 10.2.